The van der Waals surface area contributed by atoms with Gasteiger partial charge in [-0.3, -0.25) is 4.79 Å². The van der Waals surface area contributed by atoms with Crippen molar-refractivity contribution in [3.8, 4) is 5.75 Å². The van der Waals surface area contributed by atoms with Crippen molar-refractivity contribution in [2.75, 3.05) is 13.7 Å². The number of allylic oxidation sites excluding steroid dienone is 1. The molecule has 0 radical (unpaired) electrons. The fourth-order valence-corrected chi connectivity index (χ4v) is 6.18. The number of carbonyl (C=O) groups excluding carboxylic acids is 1. The molecule has 1 aliphatic heterocycles. The lowest BCUT2D eigenvalue weighted by molar-refractivity contribution is -0.154. The molecule has 3 aromatic rings. The van der Waals surface area contributed by atoms with E-state index in [-0.39, 0.29) is 23.9 Å². The summed E-state index contributed by atoms with van der Waals surface area (Å²) < 4.78 is 5.29. The van der Waals surface area contributed by atoms with Gasteiger partial charge in [-0.2, -0.15) is 0 Å². The van der Waals surface area contributed by atoms with Crippen LogP contribution in [0.1, 0.15) is 61.8 Å². The monoisotopic (exact) mass is 564 g/mol. The zero-order valence-corrected chi connectivity index (χ0v) is 24.5. The minimum Gasteiger partial charge on any atom is -0.497 e. The summed E-state index contributed by atoms with van der Waals surface area (Å²) in [5.74, 6) is 1.06. The Morgan fingerprint density at radius 2 is 1.79 bits per heavy atom. The fraction of sp³-hybridized carbons (Fsp3) is 0.364. The van der Waals surface area contributed by atoms with E-state index in [1.807, 2.05) is 48.5 Å². The molecule has 206 valence electrons. The smallest absolute Gasteiger partial charge is 0.229 e. The molecule has 1 heterocycles. The molecule has 0 saturated carbocycles. The van der Waals surface area contributed by atoms with Gasteiger partial charge in [0.05, 0.1) is 18.6 Å². The zero-order valence-electron chi connectivity index (χ0n) is 23.0. The molecule has 1 amide bonds. The van der Waals surface area contributed by atoms with Gasteiger partial charge in [-0.1, -0.05) is 79.5 Å². The van der Waals surface area contributed by atoms with Crippen molar-refractivity contribution >= 4 is 29.1 Å². The fourth-order valence-electron chi connectivity index (χ4n) is 5.85. The second kappa shape index (κ2) is 13.0. The molecule has 4 rings (SSSR count). The van der Waals surface area contributed by atoms with E-state index in [1.54, 1.807) is 7.11 Å². The third-order valence-electron chi connectivity index (χ3n) is 7.92. The maximum atomic E-state index is 14.4. The molecule has 0 aliphatic carbocycles. The minimum absolute atomic E-state index is 0.0115. The number of piperidine rings is 1. The molecule has 3 aromatic carbocycles. The van der Waals surface area contributed by atoms with E-state index >= 15 is 0 Å². The SMILES string of the molecule is C=CCC1(C)CC(c2cccc(Cl)c2)C(c2ccc(Cl)cc2)N(C(CC)CNCc2ccc(OC)cc2)C1=O. The molecular weight excluding hydrogens is 527 g/mol. The van der Waals surface area contributed by atoms with Gasteiger partial charge in [-0.05, 0) is 72.4 Å². The second-order valence-corrected chi connectivity index (χ2v) is 11.5. The molecule has 1 N–H and O–H groups in total. The van der Waals surface area contributed by atoms with E-state index in [2.05, 4.69) is 61.0 Å². The number of hydrogen-bond donors (Lipinski definition) is 1. The first-order valence-corrected chi connectivity index (χ1v) is 14.3. The molecule has 0 aromatic heterocycles. The normalized spacial score (nSPS) is 22.0. The highest BCUT2D eigenvalue weighted by Crippen LogP contribution is 2.52. The van der Waals surface area contributed by atoms with Crippen LogP contribution in [0, 0.1) is 5.41 Å². The van der Waals surface area contributed by atoms with Crippen LogP contribution in [0.5, 0.6) is 5.75 Å². The Bertz CT molecular complexity index is 1260. The summed E-state index contributed by atoms with van der Waals surface area (Å²) in [6, 6.07) is 23.9. The van der Waals surface area contributed by atoms with Gasteiger partial charge in [0.1, 0.15) is 5.75 Å². The first-order chi connectivity index (χ1) is 18.8. The van der Waals surface area contributed by atoms with Crippen molar-refractivity contribution in [2.45, 2.75) is 57.7 Å². The lowest BCUT2D eigenvalue weighted by Crippen LogP contribution is -2.57. The quantitative estimate of drug-likeness (QED) is 0.238. The summed E-state index contributed by atoms with van der Waals surface area (Å²) in [4.78, 5) is 16.6. The third-order valence-corrected chi connectivity index (χ3v) is 8.41. The Kier molecular flexibility index (Phi) is 9.76. The van der Waals surface area contributed by atoms with Gasteiger partial charge in [0, 0.05) is 35.1 Å². The van der Waals surface area contributed by atoms with Crippen LogP contribution in [0.3, 0.4) is 0 Å². The summed E-state index contributed by atoms with van der Waals surface area (Å²) in [5.41, 5.74) is 2.81. The Labute approximate surface area is 243 Å². The minimum atomic E-state index is -0.568. The molecule has 4 atom stereocenters. The Morgan fingerprint density at radius 1 is 1.08 bits per heavy atom. The lowest BCUT2D eigenvalue weighted by atomic mass is 9.67. The third kappa shape index (κ3) is 6.69. The molecule has 4 unspecified atom stereocenters. The lowest BCUT2D eigenvalue weighted by Gasteiger charge is -2.52. The number of benzene rings is 3. The van der Waals surface area contributed by atoms with Crippen LogP contribution in [0.25, 0.3) is 0 Å². The molecule has 1 aliphatic rings. The number of halogens is 2. The number of ether oxygens (including phenoxy) is 1. The standard InChI is InChI=1S/C33H38Cl2N2O2/c1-5-18-33(3)20-30(25-8-7-9-27(35)19-25)31(24-12-14-26(34)15-13-24)37(32(33)38)28(6-2)22-36-21-23-10-16-29(39-4)17-11-23/h5,7-17,19,28,30-31,36H,1,6,18,20-22H2,2-4H3. The molecule has 6 heteroatoms. The van der Waals surface area contributed by atoms with Gasteiger partial charge in [0.2, 0.25) is 5.91 Å². The molecule has 0 bridgehead atoms. The summed E-state index contributed by atoms with van der Waals surface area (Å²) in [6.45, 7) is 9.60. The van der Waals surface area contributed by atoms with Gasteiger partial charge < -0.3 is 15.0 Å². The highest BCUT2D eigenvalue weighted by molar-refractivity contribution is 6.30. The van der Waals surface area contributed by atoms with Gasteiger partial charge in [-0.25, -0.2) is 0 Å². The summed E-state index contributed by atoms with van der Waals surface area (Å²) in [6.07, 6.45) is 4.01. The molecule has 0 spiro atoms. The van der Waals surface area contributed by atoms with Crippen LogP contribution in [-0.4, -0.2) is 30.5 Å². The predicted octanol–water partition coefficient (Wildman–Crippen LogP) is 8.21. The topological polar surface area (TPSA) is 41.6 Å². The van der Waals surface area contributed by atoms with E-state index in [4.69, 9.17) is 27.9 Å². The second-order valence-electron chi connectivity index (χ2n) is 10.7. The van der Waals surface area contributed by atoms with E-state index < -0.39 is 5.41 Å². The van der Waals surface area contributed by atoms with Crippen molar-refractivity contribution in [1.29, 1.82) is 0 Å². The van der Waals surface area contributed by atoms with Crippen molar-refractivity contribution in [3.05, 3.63) is 112 Å². The van der Waals surface area contributed by atoms with Gasteiger partial charge in [-0.15, -0.1) is 6.58 Å². The Morgan fingerprint density at radius 3 is 2.41 bits per heavy atom. The highest BCUT2D eigenvalue weighted by Gasteiger charge is 2.50. The largest absolute Gasteiger partial charge is 0.497 e. The van der Waals surface area contributed by atoms with Crippen LogP contribution >= 0.6 is 23.2 Å². The van der Waals surface area contributed by atoms with Crippen molar-refractivity contribution < 1.29 is 9.53 Å². The van der Waals surface area contributed by atoms with Crippen LogP contribution in [0.15, 0.2) is 85.5 Å². The van der Waals surface area contributed by atoms with E-state index in [0.717, 1.165) is 28.9 Å². The number of carbonyl (C=O) groups is 1. The first-order valence-electron chi connectivity index (χ1n) is 13.6. The zero-order chi connectivity index (χ0) is 28.0. The molecule has 39 heavy (non-hydrogen) atoms. The summed E-state index contributed by atoms with van der Waals surface area (Å²) >= 11 is 12.8. The number of nitrogens with zero attached hydrogens (tertiary/aromatic N) is 1. The predicted molar refractivity (Wildman–Crippen MR) is 162 cm³/mol. The molecule has 1 fully saturated rings. The van der Waals surface area contributed by atoms with Crippen molar-refractivity contribution in [1.82, 2.24) is 10.2 Å². The Hall–Kier alpha value is -2.79. The summed E-state index contributed by atoms with van der Waals surface area (Å²) in [5, 5.41) is 4.99. The number of rotatable bonds is 11. The number of methoxy groups -OCH3 is 1. The average Bonchev–Trinajstić information content (AvgIpc) is 2.94. The number of likely N-dealkylation sites (tertiary alicyclic amines) is 1. The van der Waals surface area contributed by atoms with Crippen LogP contribution in [0.2, 0.25) is 10.0 Å². The van der Waals surface area contributed by atoms with E-state index in [0.29, 0.717) is 36.0 Å². The van der Waals surface area contributed by atoms with Gasteiger partial charge in [0.25, 0.3) is 0 Å². The molecule has 4 nitrogen and oxygen atoms in total. The average molecular weight is 566 g/mol. The Balaban J connectivity index is 1.72. The number of hydrogen-bond acceptors (Lipinski definition) is 3. The van der Waals surface area contributed by atoms with Gasteiger partial charge >= 0.3 is 0 Å². The molecular formula is C33H38Cl2N2O2. The maximum absolute atomic E-state index is 14.4. The van der Waals surface area contributed by atoms with Crippen LogP contribution in [0.4, 0.5) is 0 Å². The van der Waals surface area contributed by atoms with Crippen molar-refractivity contribution in [3.63, 3.8) is 0 Å². The van der Waals surface area contributed by atoms with Crippen LogP contribution < -0.4 is 10.1 Å². The van der Waals surface area contributed by atoms with E-state index in [9.17, 15) is 4.79 Å². The first kappa shape index (κ1) is 29.2. The van der Waals surface area contributed by atoms with E-state index in [1.165, 1.54) is 0 Å². The van der Waals surface area contributed by atoms with Crippen LogP contribution in [-0.2, 0) is 11.3 Å². The summed E-state index contributed by atoms with van der Waals surface area (Å²) in [7, 11) is 1.67. The number of amides is 1. The van der Waals surface area contributed by atoms with Gasteiger partial charge in [0.15, 0.2) is 0 Å². The number of nitrogens with one attached hydrogen (secondary N) is 1. The highest BCUT2D eigenvalue weighted by atomic mass is 35.5. The maximum Gasteiger partial charge on any atom is 0.229 e. The molecule has 1 saturated heterocycles. The van der Waals surface area contributed by atoms with Crippen molar-refractivity contribution in [2.24, 2.45) is 5.41 Å².